The van der Waals surface area contributed by atoms with Crippen molar-refractivity contribution in [3.8, 4) is 0 Å². The lowest BCUT2D eigenvalue weighted by Gasteiger charge is -2.25. The monoisotopic (exact) mass is 382 g/mol. The summed E-state index contributed by atoms with van der Waals surface area (Å²) in [4.78, 5) is 14.6. The molecule has 7 nitrogen and oxygen atoms in total. The molecule has 28 heavy (non-hydrogen) atoms. The first-order chi connectivity index (χ1) is 13.7. The van der Waals surface area contributed by atoms with E-state index >= 15 is 0 Å². The van der Waals surface area contributed by atoms with Gasteiger partial charge in [0, 0.05) is 52.0 Å². The standard InChI is InChI=1S/C21H30N6O/c1-26(15-17-13-23-24-21(17)16-6-3-2-4-7-16)20(28)9-8-18-12-19-14-22-10-5-11-27(19)25-18/h2-4,6-7,12,17,21-24H,5,8-11,13-15H2,1H3. The van der Waals surface area contributed by atoms with Gasteiger partial charge in [-0.15, -0.1) is 0 Å². The highest BCUT2D eigenvalue weighted by Gasteiger charge is 2.30. The maximum Gasteiger partial charge on any atom is 0.222 e. The minimum Gasteiger partial charge on any atom is -0.345 e. The summed E-state index contributed by atoms with van der Waals surface area (Å²) < 4.78 is 2.09. The molecule has 3 N–H and O–H groups in total. The van der Waals surface area contributed by atoms with Gasteiger partial charge < -0.3 is 10.2 Å². The van der Waals surface area contributed by atoms with E-state index in [2.05, 4.69) is 56.3 Å². The first-order valence-corrected chi connectivity index (χ1v) is 10.2. The molecule has 7 heteroatoms. The van der Waals surface area contributed by atoms with Crippen molar-refractivity contribution in [1.82, 2.24) is 30.8 Å². The van der Waals surface area contributed by atoms with E-state index in [9.17, 15) is 4.79 Å². The van der Waals surface area contributed by atoms with Gasteiger partial charge in [0.15, 0.2) is 0 Å². The van der Waals surface area contributed by atoms with Gasteiger partial charge in [-0.1, -0.05) is 30.3 Å². The number of hydrazine groups is 1. The fraction of sp³-hybridized carbons (Fsp3) is 0.524. The number of carbonyl (C=O) groups excluding carboxylic acids is 1. The minimum atomic E-state index is 0.181. The Morgan fingerprint density at radius 1 is 1.32 bits per heavy atom. The largest absolute Gasteiger partial charge is 0.345 e. The topological polar surface area (TPSA) is 74.2 Å². The van der Waals surface area contributed by atoms with Gasteiger partial charge in [0.25, 0.3) is 0 Å². The summed E-state index contributed by atoms with van der Waals surface area (Å²) >= 11 is 0. The molecule has 150 valence electrons. The summed E-state index contributed by atoms with van der Waals surface area (Å²) in [5.74, 6) is 0.533. The lowest BCUT2D eigenvalue weighted by Crippen LogP contribution is -2.34. The van der Waals surface area contributed by atoms with Crippen molar-refractivity contribution in [2.75, 3.05) is 26.7 Å². The Bertz CT molecular complexity index is 766. The molecular weight excluding hydrogens is 352 g/mol. The predicted molar refractivity (Wildman–Crippen MR) is 108 cm³/mol. The van der Waals surface area contributed by atoms with Crippen LogP contribution in [0.4, 0.5) is 0 Å². The Labute approximate surface area is 166 Å². The number of rotatable bonds is 6. The van der Waals surface area contributed by atoms with Crippen LogP contribution in [-0.4, -0.2) is 47.3 Å². The first kappa shape index (κ1) is 19.1. The van der Waals surface area contributed by atoms with Crippen LogP contribution in [-0.2, 0) is 24.3 Å². The fourth-order valence-electron chi connectivity index (χ4n) is 4.14. The van der Waals surface area contributed by atoms with E-state index in [1.54, 1.807) is 0 Å². The zero-order chi connectivity index (χ0) is 19.3. The number of aryl methyl sites for hydroxylation is 2. The fourth-order valence-corrected chi connectivity index (χ4v) is 4.14. The van der Waals surface area contributed by atoms with Gasteiger partial charge in [0.2, 0.25) is 5.91 Å². The maximum atomic E-state index is 12.7. The summed E-state index contributed by atoms with van der Waals surface area (Å²) in [6, 6.07) is 12.8. The van der Waals surface area contributed by atoms with Gasteiger partial charge in [-0.25, -0.2) is 5.43 Å². The normalized spacial score (nSPS) is 21.9. The zero-order valence-electron chi connectivity index (χ0n) is 16.5. The number of benzene rings is 1. The average molecular weight is 383 g/mol. The molecule has 3 heterocycles. The number of amides is 1. The third-order valence-electron chi connectivity index (χ3n) is 5.72. The highest BCUT2D eigenvalue weighted by atomic mass is 16.2. The van der Waals surface area contributed by atoms with Gasteiger partial charge in [-0.3, -0.25) is 14.9 Å². The zero-order valence-corrected chi connectivity index (χ0v) is 16.5. The van der Waals surface area contributed by atoms with Crippen LogP contribution in [0.3, 0.4) is 0 Å². The Morgan fingerprint density at radius 3 is 3.04 bits per heavy atom. The molecule has 0 spiro atoms. The highest BCUT2D eigenvalue weighted by molar-refractivity contribution is 5.76. The molecule has 0 saturated carbocycles. The van der Waals surface area contributed by atoms with Crippen molar-refractivity contribution < 1.29 is 4.79 Å². The Morgan fingerprint density at radius 2 is 2.18 bits per heavy atom. The SMILES string of the molecule is CN(CC1CNNC1c1ccccc1)C(=O)CCc1cc2n(n1)CCCNC2. The summed E-state index contributed by atoms with van der Waals surface area (Å²) in [5, 5.41) is 8.09. The second-order valence-corrected chi connectivity index (χ2v) is 7.83. The molecule has 4 rings (SSSR count). The molecule has 2 aromatic rings. The average Bonchev–Trinajstić information content (AvgIpc) is 3.28. The number of aromatic nitrogens is 2. The Kier molecular flexibility index (Phi) is 6.04. The van der Waals surface area contributed by atoms with Gasteiger partial charge in [-0.2, -0.15) is 5.10 Å². The molecule has 0 radical (unpaired) electrons. The molecule has 2 aliphatic heterocycles. The van der Waals surface area contributed by atoms with Crippen molar-refractivity contribution in [1.29, 1.82) is 0 Å². The smallest absolute Gasteiger partial charge is 0.222 e. The van der Waals surface area contributed by atoms with Crippen molar-refractivity contribution in [2.45, 2.75) is 38.4 Å². The molecule has 0 aliphatic carbocycles. The van der Waals surface area contributed by atoms with Gasteiger partial charge >= 0.3 is 0 Å². The molecule has 1 aromatic heterocycles. The molecule has 1 saturated heterocycles. The van der Waals surface area contributed by atoms with E-state index in [1.807, 2.05) is 18.0 Å². The summed E-state index contributed by atoms with van der Waals surface area (Å²) in [5.41, 5.74) is 10.1. The van der Waals surface area contributed by atoms with Crippen molar-refractivity contribution in [3.63, 3.8) is 0 Å². The summed E-state index contributed by atoms with van der Waals surface area (Å²) in [6.45, 7) is 4.46. The van der Waals surface area contributed by atoms with Gasteiger partial charge in [0.05, 0.1) is 17.4 Å². The Balaban J connectivity index is 1.30. The molecule has 0 bridgehead atoms. The number of nitrogens with one attached hydrogen (secondary N) is 3. The van der Waals surface area contributed by atoms with Gasteiger partial charge in [-0.05, 0) is 24.6 Å². The van der Waals surface area contributed by atoms with Crippen LogP contribution in [0.5, 0.6) is 0 Å². The molecule has 1 fully saturated rings. The lowest BCUT2D eigenvalue weighted by molar-refractivity contribution is -0.130. The third-order valence-corrected chi connectivity index (χ3v) is 5.72. The molecule has 1 amide bonds. The minimum absolute atomic E-state index is 0.181. The van der Waals surface area contributed by atoms with Crippen LogP contribution >= 0.6 is 0 Å². The summed E-state index contributed by atoms with van der Waals surface area (Å²) in [7, 11) is 1.91. The van der Waals surface area contributed by atoms with Crippen LogP contribution < -0.4 is 16.2 Å². The van der Waals surface area contributed by atoms with Crippen LogP contribution in [0.1, 0.15) is 35.8 Å². The van der Waals surface area contributed by atoms with Crippen LogP contribution in [0.15, 0.2) is 36.4 Å². The highest BCUT2D eigenvalue weighted by Crippen LogP contribution is 2.25. The number of carbonyl (C=O) groups is 1. The molecule has 2 atom stereocenters. The lowest BCUT2D eigenvalue weighted by atomic mass is 9.94. The van der Waals surface area contributed by atoms with Gasteiger partial charge in [0.1, 0.15) is 0 Å². The second-order valence-electron chi connectivity index (χ2n) is 7.83. The Hall–Kier alpha value is -2.22. The van der Waals surface area contributed by atoms with E-state index in [4.69, 9.17) is 0 Å². The number of hydrogen-bond donors (Lipinski definition) is 3. The molecular formula is C21H30N6O. The quantitative estimate of drug-likeness (QED) is 0.701. The number of nitrogens with zero attached hydrogens (tertiary/aromatic N) is 3. The van der Waals surface area contributed by atoms with E-state index in [-0.39, 0.29) is 11.9 Å². The van der Waals surface area contributed by atoms with E-state index < -0.39 is 0 Å². The second kappa shape index (κ2) is 8.86. The van der Waals surface area contributed by atoms with Crippen molar-refractivity contribution in [2.24, 2.45) is 5.92 Å². The number of fused-ring (bicyclic) bond motifs is 1. The maximum absolute atomic E-state index is 12.7. The van der Waals surface area contributed by atoms with Crippen molar-refractivity contribution in [3.05, 3.63) is 53.3 Å². The third kappa shape index (κ3) is 4.43. The van der Waals surface area contributed by atoms with Crippen LogP contribution in [0.2, 0.25) is 0 Å². The van der Waals surface area contributed by atoms with E-state index in [0.717, 1.165) is 44.8 Å². The number of hydrogen-bond acceptors (Lipinski definition) is 5. The molecule has 2 aliphatic rings. The summed E-state index contributed by atoms with van der Waals surface area (Å²) in [6.07, 6.45) is 2.30. The van der Waals surface area contributed by atoms with E-state index in [0.29, 0.717) is 18.8 Å². The first-order valence-electron chi connectivity index (χ1n) is 10.2. The van der Waals surface area contributed by atoms with Crippen molar-refractivity contribution >= 4 is 5.91 Å². The van der Waals surface area contributed by atoms with Crippen LogP contribution in [0.25, 0.3) is 0 Å². The molecule has 2 unspecified atom stereocenters. The predicted octanol–water partition coefficient (Wildman–Crippen LogP) is 1.23. The molecule has 1 aromatic carbocycles. The van der Waals surface area contributed by atoms with E-state index in [1.165, 1.54) is 11.3 Å². The van der Waals surface area contributed by atoms with Crippen LogP contribution in [0, 0.1) is 5.92 Å².